The normalized spacial score (nSPS) is 22.0. The fourth-order valence-corrected chi connectivity index (χ4v) is 3.84. The lowest BCUT2D eigenvalue weighted by atomic mass is 10.2. The molecule has 0 saturated carbocycles. The number of nitrogens with one attached hydrogen (secondary N) is 1. The highest BCUT2D eigenvalue weighted by atomic mass is 32.2. The van der Waals surface area contributed by atoms with E-state index in [1.54, 1.807) is 0 Å². The van der Waals surface area contributed by atoms with E-state index in [0.717, 1.165) is 13.0 Å². The van der Waals surface area contributed by atoms with Crippen molar-refractivity contribution in [2.75, 3.05) is 30.5 Å². The SMILES string of the molecule is CN(C)c1ccc(CNC2CCS(=O)(=O)C2)cc1. The molecule has 1 aliphatic heterocycles. The summed E-state index contributed by atoms with van der Waals surface area (Å²) in [6.07, 6.45) is 0.734. The smallest absolute Gasteiger partial charge is 0.151 e. The summed E-state index contributed by atoms with van der Waals surface area (Å²) in [6, 6.07) is 8.41. The standard InChI is InChI=1S/C13H20N2O2S/c1-15(2)13-5-3-11(4-6-13)9-14-12-7-8-18(16,17)10-12/h3-6,12,14H,7-10H2,1-2H3. The van der Waals surface area contributed by atoms with Crippen LogP contribution in [0.15, 0.2) is 24.3 Å². The third-order valence-corrected chi connectivity index (χ3v) is 5.05. The zero-order valence-corrected chi connectivity index (χ0v) is 11.7. The Morgan fingerprint density at radius 3 is 2.44 bits per heavy atom. The van der Waals surface area contributed by atoms with Crippen molar-refractivity contribution < 1.29 is 8.42 Å². The Kier molecular flexibility index (Phi) is 3.92. The first-order valence-electron chi connectivity index (χ1n) is 6.16. The summed E-state index contributed by atoms with van der Waals surface area (Å²) in [5, 5.41) is 3.31. The highest BCUT2D eigenvalue weighted by molar-refractivity contribution is 7.91. The molecule has 0 radical (unpaired) electrons. The highest BCUT2D eigenvalue weighted by Gasteiger charge is 2.27. The van der Waals surface area contributed by atoms with Crippen molar-refractivity contribution >= 4 is 15.5 Å². The summed E-state index contributed by atoms with van der Waals surface area (Å²) < 4.78 is 22.7. The van der Waals surface area contributed by atoms with Gasteiger partial charge in [0.15, 0.2) is 9.84 Å². The van der Waals surface area contributed by atoms with Crippen LogP contribution in [-0.4, -0.2) is 40.1 Å². The van der Waals surface area contributed by atoms with Crippen molar-refractivity contribution in [2.24, 2.45) is 0 Å². The summed E-state index contributed by atoms with van der Waals surface area (Å²) in [4.78, 5) is 2.06. The molecule has 2 rings (SSSR count). The molecule has 100 valence electrons. The number of nitrogens with zero attached hydrogens (tertiary/aromatic N) is 1. The Hall–Kier alpha value is -1.07. The van der Waals surface area contributed by atoms with Gasteiger partial charge in [-0.3, -0.25) is 0 Å². The third-order valence-electron chi connectivity index (χ3n) is 3.28. The summed E-state index contributed by atoms with van der Waals surface area (Å²) in [5.41, 5.74) is 2.35. The zero-order valence-electron chi connectivity index (χ0n) is 10.9. The molecule has 18 heavy (non-hydrogen) atoms. The van der Waals surface area contributed by atoms with Gasteiger partial charge in [-0.1, -0.05) is 12.1 Å². The number of rotatable bonds is 4. The molecule has 1 aliphatic rings. The molecular weight excluding hydrogens is 248 g/mol. The molecule has 1 atom stereocenters. The van der Waals surface area contributed by atoms with Crippen LogP contribution >= 0.6 is 0 Å². The molecule has 1 N–H and O–H groups in total. The summed E-state index contributed by atoms with van der Waals surface area (Å²) in [5.74, 6) is 0.604. The minimum absolute atomic E-state index is 0.114. The van der Waals surface area contributed by atoms with Gasteiger partial charge in [0.2, 0.25) is 0 Å². The van der Waals surface area contributed by atoms with E-state index >= 15 is 0 Å². The summed E-state index contributed by atoms with van der Waals surface area (Å²) >= 11 is 0. The number of sulfone groups is 1. The minimum atomic E-state index is -2.79. The van der Waals surface area contributed by atoms with Crippen LogP contribution in [0.3, 0.4) is 0 Å². The van der Waals surface area contributed by atoms with E-state index in [1.165, 1.54) is 11.3 Å². The average Bonchev–Trinajstić information content (AvgIpc) is 2.67. The van der Waals surface area contributed by atoms with E-state index in [1.807, 2.05) is 14.1 Å². The molecule has 0 amide bonds. The monoisotopic (exact) mass is 268 g/mol. The first-order chi connectivity index (χ1) is 8.46. The lowest BCUT2D eigenvalue weighted by Gasteiger charge is -2.14. The topological polar surface area (TPSA) is 49.4 Å². The lowest BCUT2D eigenvalue weighted by molar-refractivity contribution is 0.554. The quantitative estimate of drug-likeness (QED) is 0.886. The van der Waals surface area contributed by atoms with Crippen LogP contribution in [0, 0.1) is 0 Å². The van der Waals surface area contributed by atoms with Gasteiger partial charge < -0.3 is 10.2 Å². The van der Waals surface area contributed by atoms with Gasteiger partial charge >= 0.3 is 0 Å². The van der Waals surface area contributed by atoms with Gasteiger partial charge in [-0.05, 0) is 24.1 Å². The van der Waals surface area contributed by atoms with Gasteiger partial charge in [0.1, 0.15) is 0 Å². The van der Waals surface area contributed by atoms with Crippen LogP contribution in [0.5, 0.6) is 0 Å². The molecule has 1 unspecified atom stereocenters. The number of hydrogen-bond acceptors (Lipinski definition) is 4. The Morgan fingerprint density at radius 1 is 1.28 bits per heavy atom. The van der Waals surface area contributed by atoms with Gasteiger partial charge in [0.05, 0.1) is 11.5 Å². The van der Waals surface area contributed by atoms with Crippen molar-refractivity contribution in [3.05, 3.63) is 29.8 Å². The van der Waals surface area contributed by atoms with E-state index in [9.17, 15) is 8.42 Å². The molecule has 1 heterocycles. The molecule has 0 spiro atoms. The van der Waals surface area contributed by atoms with Gasteiger partial charge in [0.25, 0.3) is 0 Å². The van der Waals surface area contributed by atoms with Crippen LogP contribution in [-0.2, 0) is 16.4 Å². The number of hydrogen-bond donors (Lipinski definition) is 1. The van der Waals surface area contributed by atoms with E-state index in [2.05, 4.69) is 34.5 Å². The molecule has 5 heteroatoms. The predicted molar refractivity (Wildman–Crippen MR) is 74.7 cm³/mol. The van der Waals surface area contributed by atoms with Gasteiger partial charge in [-0.25, -0.2) is 8.42 Å². The van der Waals surface area contributed by atoms with E-state index in [-0.39, 0.29) is 11.8 Å². The van der Waals surface area contributed by atoms with Crippen LogP contribution in [0.2, 0.25) is 0 Å². The maximum atomic E-state index is 11.3. The van der Waals surface area contributed by atoms with Crippen molar-refractivity contribution in [3.63, 3.8) is 0 Å². The van der Waals surface area contributed by atoms with E-state index in [0.29, 0.717) is 5.75 Å². The second-order valence-corrected chi connectivity index (χ2v) is 7.27. The fourth-order valence-electron chi connectivity index (χ4n) is 2.13. The molecule has 1 aromatic rings. The molecule has 0 aromatic heterocycles. The minimum Gasteiger partial charge on any atom is -0.378 e. The molecular formula is C13H20N2O2S. The second-order valence-electron chi connectivity index (χ2n) is 5.04. The zero-order chi connectivity index (χ0) is 13.2. The highest BCUT2D eigenvalue weighted by Crippen LogP contribution is 2.14. The Balaban J connectivity index is 1.87. The van der Waals surface area contributed by atoms with E-state index in [4.69, 9.17) is 0 Å². The van der Waals surface area contributed by atoms with Gasteiger partial charge in [-0.2, -0.15) is 0 Å². The summed E-state index contributed by atoms with van der Waals surface area (Å²) in [6.45, 7) is 0.730. The van der Waals surface area contributed by atoms with Crippen LogP contribution < -0.4 is 10.2 Å². The van der Waals surface area contributed by atoms with Crippen molar-refractivity contribution in [1.82, 2.24) is 5.32 Å². The average molecular weight is 268 g/mol. The Labute approximate surface area is 109 Å². The summed E-state index contributed by atoms with van der Waals surface area (Å²) in [7, 11) is 1.23. The third kappa shape index (κ3) is 3.46. The van der Waals surface area contributed by atoms with E-state index < -0.39 is 9.84 Å². The van der Waals surface area contributed by atoms with Crippen LogP contribution in [0.25, 0.3) is 0 Å². The van der Waals surface area contributed by atoms with Crippen molar-refractivity contribution in [1.29, 1.82) is 0 Å². The maximum absolute atomic E-state index is 11.3. The fraction of sp³-hybridized carbons (Fsp3) is 0.538. The molecule has 4 nitrogen and oxygen atoms in total. The molecule has 0 bridgehead atoms. The number of anilines is 1. The van der Waals surface area contributed by atoms with Crippen molar-refractivity contribution in [2.45, 2.75) is 19.0 Å². The molecule has 1 aromatic carbocycles. The largest absolute Gasteiger partial charge is 0.378 e. The maximum Gasteiger partial charge on any atom is 0.151 e. The Morgan fingerprint density at radius 2 is 1.94 bits per heavy atom. The van der Waals surface area contributed by atoms with Gasteiger partial charge in [0, 0.05) is 32.4 Å². The first kappa shape index (κ1) is 13.4. The lowest BCUT2D eigenvalue weighted by Crippen LogP contribution is -2.29. The molecule has 0 aliphatic carbocycles. The van der Waals surface area contributed by atoms with Crippen LogP contribution in [0.4, 0.5) is 5.69 Å². The molecule has 1 fully saturated rings. The van der Waals surface area contributed by atoms with Gasteiger partial charge in [-0.15, -0.1) is 0 Å². The number of benzene rings is 1. The first-order valence-corrected chi connectivity index (χ1v) is 7.98. The second kappa shape index (κ2) is 5.28. The van der Waals surface area contributed by atoms with Crippen LogP contribution in [0.1, 0.15) is 12.0 Å². The molecule has 1 saturated heterocycles. The van der Waals surface area contributed by atoms with Crippen molar-refractivity contribution in [3.8, 4) is 0 Å². The predicted octanol–water partition coefficient (Wildman–Crippen LogP) is 1.03. The Bertz CT molecular complexity index is 494.